The zero-order valence-corrected chi connectivity index (χ0v) is 14.2. The highest BCUT2D eigenvalue weighted by atomic mass is 16.2. The number of hydrogen-bond acceptors (Lipinski definition) is 4. The van der Waals surface area contributed by atoms with E-state index in [1.54, 1.807) is 9.80 Å². The van der Waals surface area contributed by atoms with Gasteiger partial charge in [0.05, 0.1) is 6.07 Å². The second-order valence-electron chi connectivity index (χ2n) is 7.09. The van der Waals surface area contributed by atoms with Crippen molar-refractivity contribution < 1.29 is 9.59 Å². The first-order valence-electron chi connectivity index (χ1n) is 8.97. The average Bonchev–Trinajstić information content (AvgIpc) is 3.48. The van der Waals surface area contributed by atoms with E-state index in [0.29, 0.717) is 31.2 Å². The summed E-state index contributed by atoms with van der Waals surface area (Å²) in [5.41, 5.74) is 1.76. The highest BCUT2D eigenvalue weighted by Gasteiger charge is 2.39. The third-order valence-electron chi connectivity index (χ3n) is 5.45. The van der Waals surface area contributed by atoms with Crippen LogP contribution in [0.1, 0.15) is 28.8 Å². The van der Waals surface area contributed by atoms with E-state index in [0.717, 1.165) is 31.4 Å². The topological polar surface area (TPSA) is 67.6 Å². The number of carbonyl (C=O) groups excluding carboxylic acids is 2. The van der Waals surface area contributed by atoms with Crippen LogP contribution < -0.4 is 0 Å². The van der Waals surface area contributed by atoms with Crippen molar-refractivity contribution in [1.29, 1.82) is 5.26 Å². The molecular formula is C19H22N4O2. The maximum Gasteiger partial charge on any atom is 0.254 e. The van der Waals surface area contributed by atoms with Gasteiger partial charge in [-0.05, 0) is 30.9 Å². The van der Waals surface area contributed by atoms with Crippen molar-refractivity contribution in [1.82, 2.24) is 14.7 Å². The fourth-order valence-electron chi connectivity index (χ4n) is 3.87. The normalized spacial score (nSPS) is 24.0. The van der Waals surface area contributed by atoms with E-state index in [2.05, 4.69) is 11.0 Å². The Kier molecular flexibility index (Phi) is 4.18. The molecule has 6 heteroatoms. The number of carbonyl (C=O) groups is 2. The van der Waals surface area contributed by atoms with Crippen LogP contribution in [0.25, 0.3) is 0 Å². The molecule has 1 aliphatic carbocycles. The van der Waals surface area contributed by atoms with Crippen LogP contribution in [0.4, 0.5) is 0 Å². The maximum atomic E-state index is 12.7. The third kappa shape index (κ3) is 3.12. The van der Waals surface area contributed by atoms with Crippen LogP contribution in [0.3, 0.4) is 0 Å². The van der Waals surface area contributed by atoms with Crippen LogP contribution in [0.15, 0.2) is 24.3 Å². The van der Waals surface area contributed by atoms with Crippen molar-refractivity contribution in [3.8, 4) is 6.07 Å². The van der Waals surface area contributed by atoms with Gasteiger partial charge in [-0.1, -0.05) is 18.2 Å². The largest absolute Gasteiger partial charge is 0.337 e. The summed E-state index contributed by atoms with van der Waals surface area (Å²) in [5, 5.41) is 9.42. The number of piperazine rings is 1. The Bertz CT molecular complexity index is 737. The molecule has 1 saturated carbocycles. The highest BCUT2D eigenvalue weighted by molar-refractivity contribution is 5.98. The van der Waals surface area contributed by atoms with Gasteiger partial charge in [-0.25, -0.2) is 0 Å². The Balaban J connectivity index is 1.39. The van der Waals surface area contributed by atoms with Gasteiger partial charge in [0.25, 0.3) is 5.91 Å². The Morgan fingerprint density at radius 2 is 2.00 bits per heavy atom. The van der Waals surface area contributed by atoms with Crippen LogP contribution in [0, 0.1) is 11.3 Å². The summed E-state index contributed by atoms with van der Waals surface area (Å²) in [6.45, 7) is 2.53. The zero-order valence-electron chi connectivity index (χ0n) is 14.2. The van der Waals surface area contributed by atoms with Gasteiger partial charge in [0, 0.05) is 37.8 Å². The molecule has 2 fully saturated rings. The lowest BCUT2D eigenvalue weighted by atomic mass is 9.99. The molecule has 1 unspecified atom stereocenters. The van der Waals surface area contributed by atoms with Crippen molar-refractivity contribution in [3.63, 3.8) is 0 Å². The molecule has 0 N–H and O–H groups in total. The summed E-state index contributed by atoms with van der Waals surface area (Å²) < 4.78 is 0. The number of benzene rings is 1. The molecule has 0 radical (unpaired) electrons. The number of nitriles is 1. The summed E-state index contributed by atoms with van der Waals surface area (Å²) in [6.07, 6.45) is 3.10. The molecule has 3 aliphatic rings. The molecule has 6 nitrogen and oxygen atoms in total. The predicted octanol–water partition coefficient (Wildman–Crippen LogP) is 0.884. The smallest absolute Gasteiger partial charge is 0.254 e. The Morgan fingerprint density at radius 3 is 2.76 bits per heavy atom. The van der Waals surface area contributed by atoms with E-state index in [-0.39, 0.29) is 24.4 Å². The fourth-order valence-corrected chi connectivity index (χ4v) is 3.87. The summed E-state index contributed by atoms with van der Waals surface area (Å²) in [5.74, 6) is -0.118. The second-order valence-corrected chi connectivity index (χ2v) is 7.09. The number of rotatable bonds is 3. The van der Waals surface area contributed by atoms with Crippen molar-refractivity contribution in [2.24, 2.45) is 0 Å². The second kappa shape index (κ2) is 6.49. The predicted molar refractivity (Wildman–Crippen MR) is 91.8 cm³/mol. The summed E-state index contributed by atoms with van der Waals surface area (Å²) in [7, 11) is 0. The third-order valence-corrected chi connectivity index (χ3v) is 5.45. The fraction of sp³-hybridized carbons (Fsp3) is 0.526. The lowest BCUT2D eigenvalue weighted by Gasteiger charge is -2.39. The van der Waals surface area contributed by atoms with Gasteiger partial charge in [-0.3, -0.25) is 14.5 Å². The number of nitrogens with zero attached hydrogens (tertiary/aromatic N) is 4. The molecular weight excluding hydrogens is 316 g/mol. The molecule has 2 amide bonds. The molecule has 4 rings (SSSR count). The summed E-state index contributed by atoms with van der Waals surface area (Å²) >= 11 is 0. The molecule has 25 heavy (non-hydrogen) atoms. The SMILES string of the molecule is N#CC1CN(C(=O)CN2CCc3ccccc3C2=O)CCN1C1CC1. The van der Waals surface area contributed by atoms with Gasteiger partial charge in [0.15, 0.2) is 0 Å². The molecule has 2 aliphatic heterocycles. The lowest BCUT2D eigenvalue weighted by molar-refractivity contribution is -0.134. The van der Waals surface area contributed by atoms with Crippen molar-refractivity contribution >= 4 is 11.8 Å². The standard InChI is InChI=1S/C19H22N4O2/c20-11-16-12-21(9-10-23(16)15-5-6-15)18(24)13-22-8-7-14-3-1-2-4-17(14)19(22)25/h1-4,15-16H,5-10,12-13H2. The number of hydrogen-bond donors (Lipinski definition) is 0. The molecule has 1 atom stereocenters. The first kappa shape index (κ1) is 16.1. The van der Waals surface area contributed by atoms with Gasteiger partial charge in [-0.15, -0.1) is 0 Å². The van der Waals surface area contributed by atoms with Crippen molar-refractivity contribution in [3.05, 3.63) is 35.4 Å². The average molecular weight is 338 g/mol. The number of fused-ring (bicyclic) bond motifs is 1. The summed E-state index contributed by atoms with van der Waals surface area (Å²) in [6, 6.07) is 10.2. The zero-order chi connectivity index (χ0) is 17.4. The van der Waals surface area contributed by atoms with E-state index in [1.807, 2.05) is 24.3 Å². The Hall–Kier alpha value is -2.39. The van der Waals surface area contributed by atoms with E-state index < -0.39 is 0 Å². The van der Waals surface area contributed by atoms with Gasteiger partial charge in [-0.2, -0.15) is 5.26 Å². The van der Waals surface area contributed by atoms with Gasteiger partial charge in [0.2, 0.25) is 5.91 Å². The van der Waals surface area contributed by atoms with E-state index in [9.17, 15) is 14.9 Å². The Labute approximate surface area is 147 Å². The molecule has 0 spiro atoms. The Morgan fingerprint density at radius 1 is 1.20 bits per heavy atom. The maximum absolute atomic E-state index is 12.7. The van der Waals surface area contributed by atoms with Crippen molar-refractivity contribution in [2.45, 2.75) is 31.3 Å². The first-order chi connectivity index (χ1) is 12.2. The van der Waals surface area contributed by atoms with Crippen LogP contribution in [0.5, 0.6) is 0 Å². The van der Waals surface area contributed by atoms with Crippen LogP contribution in [-0.2, 0) is 11.2 Å². The molecule has 0 bridgehead atoms. The quantitative estimate of drug-likeness (QED) is 0.821. The van der Waals surface area contributed by atoms with Crippen LogP contribution >= 0.6 is 0 Å². The highest BCUT2D eigenvalue weighted by Crippen LogP contribution is 2.30. The summed E-state index contributed by atoms with van der Waals surface area (Å²) in [4.78, 5) is 30.9. The monoisotopic (exact) mass is 338 g/mol. The van der Waals surface area contributed by atoms with E-state index >= 15 is 0 Å². The van der Waals surface area contributed by atoms with E-state index in [4.69, 9.17) is 0 Å². The minimum atomic E-state index is -0.219. The molecule has 1 aromatic rings. The minimum Gasteiger partial charge on any atom is -0.337 e. The van der Waals surface area contributed by atoms with Gasteiger partial charge >= 0.3 is 0 Å². The molecule has 1 aromatic carbocycles. The molecule has 1 saturated heterocycles. The van der Waals surface area contributed by atoms with Crippen LogP contribution in [0.2, 0.25) is 0 Å². The number of amides is 2. The van der Waals surface area contributed by atoms with Gasteiger partial charge in [0.1, 0.15) is 12.6 Å². The molecule has 2 heterocycles. The minimum absolute atomic E-state index is 0.0524. The lowest BCUT2D eigenvalue weighted by Crippen LogP contribution is -2.57. The van der Waals surface area contributed by atoms with E-state index in [1.165, 1.54) is 0 Å². The molecule has 0 aromatic heterocycles. The molecule has 130 valence electrons. The van der Waals surface area contributed by atoms with Crippen LogP contribution in [-0.4, -0.2) is 71.3 Å². The van der Waals surface area contributed by atoms with Crippen molar-refractivity contribution in [2.75, 3.05) is 32.7 Å². The van der Waals surface area contributed by atoms with Gasteiger partial charge < -0.3 is 9.80 Å². The first-order valence-corrected chi connectivity index (χ1v) is 8.97.